The lowest BCUT2D eigenvalue weighted by molar-refractivity contribution is 0.166. The zero-order valence-corrected chi connectivity index (χ0v) is 20.6. The molecule has 4 saturated heterocycles. The monoisotopic (exact) mass is 540 g/mol. The minimum Gasteiger partial charge on any atom is -0.305 e. The molecule has 4 aliphatic rings. The number of rotatable bonds is 8. The van der Waals surface area contributed by atoms with Gasteiger partial charge in [-0.05, 0) is 0 Å². The summed E-state index contributed by atoms with van der Waals surface area (Å²) >= 11 is 0. The lowest BCUT2D eigenvalue weighted by Crippen LogP contribution is -2.45. The van der Waals surface area contributed by atoms with Crippen LogP contribution in [0.5, 0.6) is 0 Å². The maximum absolute atomic E-state index is 13.5. The first-order chi connectivity index (χ1) is 15.1. The Labute approximate surface area is 184 Å². The third-order valence-corrected chi connectivity index (χ3v) is 11.9. The van der Waals surface area contributed by atoms with Gasteiger partial charge in [-0.1, -0.05) is 0 Å². The van der Waals surface area contributed by atoms with Crippen LogP contribution in [-0.4, -0.2) is 93.8 Å². The van der Waals surface area contributed by atoms with E-state index in [0.29, 0.717) is 0 Å². The molecule has 0 aromatic carbocycles. The molecule has 0 aromatic heterocycles. The van der Waals surface area contributed by atoms with Crippen molar-refractivity contribution in [3.63, 3.8) is 0 Å². The van der Waals surface area contributed by atoms with Gasteiger partial charge >= 0.3 is 36.4 Å². The van der Waals surface area contributed by atoms with Crippen LogP contribution in [0.15, 0.2) is 0 Å². The molecule has 4 aliphatic heterocycles. The van der Waals surface area contributed by atoms with Gasteiger partial charge in [-0.3, -0.25) is 18.3 Å². The Bertz CT molecular complexity index is 740. The number of carbonyl (C=O) groups is 1. The predicted molar refractivity (Wildman–Crippen MR) is 107 cm³/mol. The van der Waals surface area contributed by atoms with Crippen LogP contribution in [0.3, 0.4) is 0 Å². The summed E-state index contributed by atoms with van der Waals surface area (Å²) < 4.78 is 92.4. The average molecular weight is 540 g/mol. The summed E-state index contributed by atoms with van der Waals surface area (Å²) in [7, 11) is -14.9. The lowest BCUT2D eigenvalue weighted by Gasteiger charge is -2.33. The molecule has 4 heterocycles. The third kappa shape index (κ3) is 6.10. The molecule has 0 aliphatic carbocycles. The summed E-state index contributed by atoms with van der Waals surface area (Å²) in [6.07, 6.45) is -2.34. The second kappa shape index (κ2) is 9.85. The van der Waals surface area contributed by atoms with Crippen molar-refractivity contribution in [2.24, 2.45) is 0 Å². The van der Waals surface area contributed by atoms with Gasteiger partial charge in [-0.25, -0.2) is 4.79 Å². The van der Waals surface area contributed by atoms with E-state index in [1.54, 1.807) is 0 Å². The fraction of sp³-hybridized carbons (Fsp3) is 0.923. The minimum absolute atomic E-state index is 0.0570. The van der Waals surface area contributed by atoms with Gasteiger partial charge in [-0.15, -0.1) is 0 Å². The molecule has 0 bridgehead atoms. The molecule has 0 spiro atoms. The zero-order chi connectivity index (χ0) is 22.9. The van der Waals surface area contributed by atoms with Gasteiger partial charge in [0.2, 0.25) is 0 Å². The van der Waals surface area contributed by atoms with Gasteiger partial charge < -0.3 is 46.0 Å². The molecular formula is C13H24N2O13P4. The number of urea groups is 1. The Morgan fingerprint density at radius 3 is 0.844 bits per heavy atom. The van der Waals surface area contributed by atoms with Crippen molar-refractivity contribution < 1.29 is 59.2 Å². The molecule has 2 amide bonds. The Balaban J connectivity index is 1.59. The zero-order valence-electron chi connectivity index (χ0n) is 17.0. The lowest BCUT2D eigenvalue weighted by atomic mass is 10.7. The number of hydrogen-bond donors (Lipinski definition) is 0. The highest BCUT2D eigenvalue weighted by Gasteiger charge is 2.45. The molecule has 15 nitrogen and oxygen atoms in total. The van der Waals surface area contributed by atoms with E-state index in [4.69, 9.17) is 36.2 Å². The first kappa shape index (κ1) is 25.0. The van der Waals surface area contributed by atoms with Crippen molar-refractivity contribution >= 4 is 36.4 Å². The smallest absolute Gasteiger partial charge is 0.305 e. The van der Waals surface area contributed by atoms with E-state index in [0.717, 1.165) is 9.80 Å². The van der Waals surface area contributed by atoms with Crippen LogP contribution in [0.4, 0.5) is 4.79 Å². The highest BCUT2D eigenvalue weighted by molar-refractivity contribution is 7.55. The molecule has 0 atom stereocenters. The SMILES string of the molecule is O=C(N(CP1(=O)OCCO1)CP1(=O)OCCO1)N(CP1(=O)OCCO1)CP1(=O)OCCO1. The van der Waals surface area contributed by atoms with E-state index in [1.807, 2.05) is 0 Å². The van der Waals surface area contributed by atoms with E-state index >= 15 is 0 Å². The van der Waals surface area contributed by atoms with Gasteiger partial charge in [-0.2, -0.15) is 0 Å². The molecule has 0 radical (unpaired) electrons. The molecule has 4 rings (SSSR count). The largest absolute Gasteiger partial charge is 0.350 e. The molecule has 32 heavy (non-hydrogen) atoms. The van der Waals surface area contributed by atoms with Gasteiger partial charge in [0.05, 0.1) is 52.9 Å². The topological polar surface area (TPSA) is 166 Å². The average Bonchev–Trinajstić information content (AvgIpc) is 3.52. The molecule has 0 saturated carbocycles. The van der Waals surface area contributed by atoms with E-state index < -0.39 is 61.6 Å². The van der Waals surface area contributed by atoms with Gasteiger partial charge in [0.1, 0.15) is 25.1 Å². The van der Waals surface area contributed by atoms with Crippen molar-refractivity contribution in [3.05, 3.63) is 0 Å². The van der Waals surface area contributed by atoms with Crippen molar-refractivity contribution in [2.75, 3.05) is 78.0 Å². The number of carbonyl (C=O) groups excluding carboxylic acids is 1. The second-order valence-electron chi connectivity index (χ2n) is 7.04. The first-order valence-corrected chi connectivity index (χ1v) is 16.6. The third-order valence-electron chi connectivity index (χ3n) is 4.55. The van der Waals surface area contributed by atoms with Crippen LogP contribution in [0.25, 0.3) is 0 Å². The fourth-order valence-electron chi connectivity index (χ4n) is 3.25. The number of amides is 2. The second-order valence-corrected chi connectivity index (χ2v) is 15.1. The molecule has 19 heteroatoms. The van der Waals surface area contributed by atoms with Crippen LogP contribution in [0.1, 0.15) is 0 Å². The molecule has 4 fully saturated rings. The predicted octanol–water partition coefficient (Wildman–Crippen LogP) is 2.50. The summed E-state index contributed by atoms with van der Waals surface area (Å²) in [6, 6.07) is -0.947. The van der Waals surface area contributed by atoms with E-state index in [1.165, 1.54) is 0 Å². The number of hydrogen-bond acceptors (Lipinski definition) is 13. The highest BCUT2D eigenvalue weighted by atomic mass is 31.2. The van der Waals surface area contributed by atoms with Crippen LogP contribution in [0, 0.1) is 0 Å². The van der Waals surface area contributed by atoms with Crippen molar-refractivity contribution in [1.29, 1.82) is 0 Å². The van der Waals surface area contributed by atoms with Crippen molar-refractivity contribution in [2.45, 2.75) is 0 Å². The van der Waals surface area contributed by atoms with Crippen molar-refractivity contribution in [3.8, 4) is 0 Å². The Morgan fingerprint density at radius 1 is 0.469 bits per heavy atom. The summed E-state index contributed by atoms with van der Waals surface area (Å²) in [5, 5.41) is 0. The first-order valence-electron chi connectivity index (χ1n) is 9.68. The van der Waals surface area contributed by atoms with Crippen molar-refractivity contribution in [1.82, 2.24) is 9.80 Å². The molecule has 0 aromatic rings. The highest BCUT2D eigenvalue weighted by Crippen LogP contribution is 2.59. The van der Waals surface area contributed by atoms with Gasteiger partial charge in [0.15, 0.2) is 0 Å². The van der Waals surface area contributed by atoms with Crippen LogP contribution < -0.4 is 0 Å². The minimum atomic E-state index is -3.73. The maximum atomic E-state index is 13.5. The van der Waals surface area contributed by atoms with E-state index in [9.17, 15) is 23.1 Å². The maximum Gasteiger partial charge on any atom is 0.350 e. The van der Waals surface area contributed by atoms with Gasteiger partial charge in [0, 0.05) is 0 Å². The van der Waals surface area contributed by atoms with Crippen LogP contribution in [0.2, 0.25) is 0 Å². The van der Waals surface area contributed by atoms with E-state index in [-0.39, 0.29) is 52.9 Å². The molecule has 0 N–H and O–H groups in total. The quantitative estimate of drug-likeness (QED) is 0.413. The Morgan fingerprint density at radius 2 is 0.656 bits per heavy atom. The fourth-order valence-corrected chi connectivity index (χ4v) is 9.90. The van der Waals surface area contributed by atoms with Gasteiger partial charge in [0.25, 0.3) is 0 Å². The van der Waals surface area contributed by atoms with Crippen LogP contribution >= 0.6 is 30.4 Å². The van der Waals surface area contributed by atoms with Crippen LogP contribution in [-0.2, 0) is 54.5 Å². The summed E-state index contributed by atoms with van der Waals surface area (Å²) in [6.45, 7) is 0.456. The van der Waals surface area contributed by atoms with E-state index in [2.05, 4.69) is 0 Å². The Kier molecular flexibility index (Phi) is 7.69. The standard InChI is InChI=1S/C13H24N2O13P4/c16-13(14(9-29(17)21-1-2-22-29)10-30(18)23-3-4-24-30)15(11-31(19)25-5-6-26-31)12-32(20)27-7-8-28-32/h1-12H2. The summed E-state index contributed by atoms with van der Waals surface area (Å²) in [5.41, 5.74) is 0. The normalized spacial score (nSPS) is 27.5. The molecule has 0 unspecified atom stereocenters. The summed E-state index contributed by atoms with van der Waals surface area (Å²) in [5.74, 6) is 0. The Hall–Kier alpha value is -0.130. The summed E-state index contributed by atoms with van der Waals surface area (Å²) in [4.78, 5) is 15.2. The molecular weight excluding hydrogens is 516 g/mol. The number of nitrogens with zero attached hydrogens (tertiary/aromatic N) is 2. The molecule has 184 valence electrons.